The number of carbonyl (C=O) groups is 2. The number of carboxylic acid groups (broad SMARTS) is 1. The van der Waals surface area contributed by atoms with Gasteiger partial charge < -0.3 is 15.7 Å². The Hall–Kier alpha value is -4.81. The van der Waals surface area contributed by atoms with Crippen LogP contribution in [0.25, 0.3) is 21.7 Å². The van der Waals surface area contributed by atoms with E-state index in [4.69, 9.17) is 0 Å². The number of carboxylic acids is 1. The standard InChI is InChI=1S/C29H28N6O5S/c36-28(27-22-12-3-4-13-24(22)35(33-27)18-8-17-31-26-15-5-6-16-30-26)32-19-23(29(37)38)34-41(39,40)25-14-7-10-20-9-1-2-11-21(20)25/h1-7,9-16,23,34H,8,17-19H2,(H,30,31)(H,32,36)(H,37,38)/t23-/m0/s1. The predicted molar refractivity (Wildman–Crippen MR) is 155 cm³/mol. The number of pyridine rings is 1. The summed E-state index contributed by atoms with van der Waals surface area (Å²) in [7, 11) is -4.22. The zero-order valence-corrected chi connectivity index (χ0v) is 22.7. The number of aryl methyl sites for hydroxylation is 1. The first-order valence-electron chi connectivity index (χ1n) is 12.9. The second-order valence-electron chi connectivity index (χ2n) is 9.28. The summed E-state index contributed by atoms with van der Waals surface area (Å²) in [4.78, 5) is 29.3. The van der Waals surface area contributed by atoms with E-state index < -0.39 is 34.5 Å². The van der Waals surface area contributed by atoms with Gasteiger partial charge in [0.2, 0.25) is 10.0 Å². The fourth-order valence-corrected chi connectivity index (χ4v) is 5.94. The van der Waals surface area contributed by atoms with Crippen LogP contribution in [0.2, 0.25) is 0 Å². The van der Waals surface area contributed by atoms with Gasteiger partial charge in [0.15, 0.2) is 5.69 Å². The Morgan fingerprint density at radius 2 is 1.63 bits per heavy atom. The number of nitrogens with one attached hydrogen (secondary N) is 3. The number of amides is 1. The predicted octanol–water partition coefficient (Wildman–Crippen LogP) is 3.25. The van der Waals surface area contributed by atoms with Gasteiger partial charge in [-0.2, -0.15) is 9.82 Å². The van der Waals surface area contributed by atoms with Crippen LogP contribution in [0, 0.1) is 0 Å². The van der Waals surface area contributed by atoms with Crippen LogP contribution in [0.1, 0.15) is 16.9 Å². The van der Waals surface area contributed by atoms with Gasteiger partial charge in [-0.05, 0) is 36.1 Å². The highest BCUT2D eigenvalue weighted by Crippen LogP contribution is 2.23. The SMILES string of the molecule is O=C(NC[C@H](NS(=O)(=O)c1cccc2ccccc12)C(=O)O)c1nn(CCCNc2ccccn2)c2ccccc12. The van der Waals surface area contributed by atoms with E-state index in [0.29, 0.717) is 35.7 Å². The van der Waals surface area contributed by atoms with Gasteiger partial charge in [0.05, 0.1) is 10.4 Å². The quantitative estimate of drug-likeness (QED) is 0.166. The van der Waals surface area contributed by atoms with Crippen molar-refractivity contribution in [2.75, 3.05) is 18.4 Å². The molecule has 0 saturated heterocycles. The summed E-state index contributed by atoms with van der Waals surface area (Å²) in [5, 5.41) is 21.8. The van der Waals surface area contributed by atoms with Gasteiger partial charge in [-0.3, -0.25) is 14.3 Å². The molecule has 2 heterocycles. The van der Waals surface area contributed by atoms with Gasteiger partial charge in [0, 0.05) is 36.6 Å². The molecular weight excluding hydrogens is 544 g/mol. The van der Waals surface area contributed by atoms with Crippen molar-refractivity contribution >= 4 is 49.4 Å². The lowest BCUT2D eigenvalue weighted by Gasteiger charge is -2.16. The smallest absolute Gasteiger partial charge is 0.323 e. The van der Waals surface area contributed by atoms with Crippen LogP contribution in [-0.4, -0.2) is 59.3 Å². The van der Waals surface area contributed by atoms with Gasteiger partial charge in [-0.1, -0.05) is 60.7 Å². The first-order valence-corrected chi connectivity index (χ1v) is 14.4. The number of sulfonamides is 1. The minimum absolute atomic E-state index is 0.0459. The first kappa shape index (κ1) is 27.7. The Morgan fingerprint density at radius 1 is 0.902 bits per heavy atom. The molecule has 5 rings (SSSR count). The molecule has 0 aliphatic heterocycles. The van der Waals surface area contributed by atoms with E-state index >= 15 is 0 Å². The van der Waals surface area contributed by atoms with Crippen molar-refractivity contribution in [2.45, 2.75) is 23.9 Å². The van der Waals surface area contributed by atoms with Crippen LogP contribution in [-0.2, 0) is 21.4 Å². The number of rotatable bonds is 12. The molecule has 5 aromatic rings. The molecule has 0 aliphatic rings. The Labute approximate surface area is 236 Å². The number of nitrogens with zero attached hydrogens (tertiary/aromatic N) is 3. The number of carbonyl (C=O) groups excluding carboxylic acids is 1. The van der Waals surface area contributed by atoms with Crippen LogP contribution < -0.4 is 15.4 Å². The monoisotopic (exact) mass is 572 g/mol. The van der Waals surface area contributed by atoms with Crippen molar-refractivity contribution in [3.05, 3.63) is 96.8 Å². The maximum absolute atomic E-state index is 13.2. The van der Waals surface area contributed by atoms with E-state index in [9.17, 15) is 23.1 Å². The summed E-state index contributed by atoms with van der Waals surface area (Å²) in [6.07, 6.45) is 2.41. The van der Waals surface area contributed by atoms with E-state index in [1.54, 1.807) is 59.4 Å². The molecule has 1 atom stereocenters. The van der Waals surface area contributed by atoms with E-state index in [2.05, 4.69) is 25.4 Å². The topological polar surface area (TPSA) is 155 Å². The summed E-state index contributed by atoms with van der Waals surface area (Å²) >= 11 is 0. The minimum Gasteiger partial charge on any atom is -0.480 e. The van der Waals surface area contributed by atoms with E-state index in [-0.39, 0.29) is 10.6 Å². The molecule has 12 heteroatoms. The van der Waals surface area contributed by atoms with Crippen molar-refractivity contribution in [2.24, 2.45) is 0 Å². The first-order chi connectivity index (χ1) is 19.8. The molecule has 1 amide bonds. The van der Waals surface area contributed by atoms with Crippen molar-refractivity contribution < 1.29 is 23.1 Å². The van der Waals surface area contributed by atoms with Crippen molar-refractivity contribution in [3.63, 3.8) is 0 Å². The van der Waals surface area contributed by atoms with Crippen LogP contribution in [0.3, 0.4) is 0 Å². The molecule has 0 radical (unpaired) electrons. The third kappa shape index (κ3) is 6.34. The lowest BCUT2D eigenvalue weighted by Crippen LogP contribution is -2.48. The minimum atomic E-state index is -4.22. The third-order valence-corrected chi connectivity index (χ3v) is 8.02. The average Bonchev–Trinajstić information content (AvgIpc) is 3.36. The molecular formula is C29H28N6O5S. The summed E-state index contributed by atoms with van der Waals surface area (Å²) in [5.74, 6) is -1.27. The second kappa shape index (κ2) is 12.1. The molecule has 0 unspecified atom stereocenters. The summed E-state index contributed by atoms with van der Waals surface area (Å²) in [6.45, 7) is 0.688. The third-order valence-electron chi connectivity index (χ3n) is 6.49. The number of fused-ring (bicyclic) bond motifs is 2. The fraction of sp³-hybridized carbons (Fsp3) is 0.172. The molecule has 0 spiro atoms. The van der Waals surface area contributed by atoms with E-state index in [0.717, 1.165) is 11.3 Å². The molecule has 3 aromatic carbocycles. The van der Waals surface area contributed by atoms with Crippen molar-refractivity contribution in [1.29, 1.82) is 0 Å². The lowest BCUT2D eigenvalue weighted by molar-refractivity contribution is -0.138. The number of anilines is 1. The van der Waals surface area contributed by atoms with Gasteiger partial charge >= 0.3 is 5.97 Å². The number of para-hydroxylation sites is 1. The van der Waals surface area contributed by atoms with E-state index in [1.165, 1.54) is 6.07 Å². The molecule has 0 aliphatic carbocycles. The Kier molecular flexibility index (Phi) is 8.22. The Balaban J connectivity index is 1.27. The number of benzene rings is 3. The van der Waals surface area contributed by atoms with Crippen LogP contribution in [0.4, 0.5) is 5.82 Å². The highest BCUT2D eigenvalue weighted by molar-refractivity contribution is 7.89. The maximum Gasteiger partial charge on any atom is 0.323 e. The molecule has 0 fully saturated rings. The average molecular weight is 573 g/mol. The van der Waals surface area contributed by atoms with Gasteiger partial charge in [-0.15, -0.1) is 0 Å². The number of aromatic nitrogens is 3. The number of hydrogen-bond donors (Lipinski definition) is 4. The lowest BCUT2D eigenvalue weighted by atomic mass is 10.1. The molecule has 41 heavy (non-hydrogen) atoms. The number of hydrogen-bond acceptors (Lipinski definition) is 7. The van der Waals surface area contributed by atoms with Gasteiger partial charge in [-0.25, -0.2) is 13.4 Å². The van der Waals surface area contributed by atoms with Gasteiger partial charge in [0.1, 0.15) is 11.9 Å². The molecule has 210 valence electrons. The largest absolute Gasteiger partial charge is 0.480 e. The second-order valence-corrected chi connectivity index (χ2v) is 11.0. The summed E-state index contributed by atoms with van der Waals surface area (Å²) in [5.41, 5.74) is 0.876. The van der Waals surface area contributed by atoms with Crippen molar-refractivity contribution in [3.8, 4) is 0 Å². The highest BCUT2D eigenvalue weighted by Gasteiger charge is 2.28. The zero-order valence-electron chi connectivity index (χ0n) is 21.9. The Morgan fingerprint density at radius 3 is 2.41 bits per heavy atom. The molecule has 2 aromatic heterocycles. The Bertz CT molecular complexity index is 1800. The van der Waals surface area contributed by atoms with Crippen molar-refractivity contribution in [1.82, 2.24) is 24.8 Å². The molecule has 4 N–H and O–H groups in total. The zero-order chi connectivity index (χ0) is 28.8. The summed E-state index contributed by atoms with van der Waals surface area (Å²) < 4.78 is 30.3. The fourth-order valence-electron chi connectivity index (χ4n) is 4.52. The maximum atomic E-state index is 13.2. The molecule has 0 bridgehead atoms. The van der Waals surface area contributed by atoms with Gasteiger partial charge in [0.25, 0.3) is 5.91 Å². The van der Waals surface area contributed by atoms with E-state index in [1.807, 2.05) is 30.3 Å². The molecule has 11 nitrogen and oxygen atoms in total. The van der Waals surface area contributed by atoms with Crippen LogP contribution in [0.15, 0.2) is 96.0 Å². The normalized spacial score (nSPS) is 12.3. The molecule has 0 saturated carbocycles. The highest BCUT2D eigenvalue weighted by atomic mass is 32.2. The van der Waals surface area contributed by atoms with Crippen LogP contribution >= 0.6 is 0 Å². The number of aliphatic carboxylic acids is 1. The van der Waals surface area contributed by atoms with Crippen LogP contribution in [0.5, 0.6) is 0 Å². The summed E-state index contributed by atoms with van der Waals surface area (Å²) in [6, 6.07) is 22.9.